The number of ether oxygens (including phenoxy) is 1. The molecule has 4 heteroatoms. The summed E-state index contributed by atoms with van der Waals surface area (Å²) in [5, 5.41) is 0. The third kappa shape index (κ3) is 4.18. The molecule has 0 aromatic heterocycles. The number of hydrogen-bond acceptors (Lipinski definition) is 2. The first-order valence-corrected chi connectivity index (χ1v) is 7.83. The van der Waals surface area contributed by atoms with Crippen LogP contribution >= 0.6 is 0 Å². The Morgan fingerprint density at radius 2 is 1.80 bits per heavy atom. The van der Waals surface area contributed by atoms with Gasteiger partial charge in [0.2, 0.25) is 0 Å². The summed E-state index contributed by atoms with van der Waals surface area (Å²) in [4.78, 5) is 0. The molecule has 0 saturated carbocycles. The summed E-state index contributed by atoms with van der Waals surface area (Å²) >= 11 is 0. The standard InChI is InChI=1S/C16H25NO2S/c1-7-12-16(5,17-20(18)15(2,3)4)13-8-10-14(19-6)11-9-13/h7-11,17H,1,12H2,2-6H3/t16-,20-/m0/s1. The van der Waals surface area contributed by atoms with Gasteiger partial charge in [0.1, 0.15) is 5.75 Å². The van der Waals surface area contributed by atoms with Crippen molar-refractivity contribution in [2.45, 2.75) is 44.4 Å². The maximum Gasteiger partial charge on any atom is 0.118 e. The SMILES string of the molecule is C=CC[C@](C)(N[S@@](=O)C(C)(C)C)c1ccc(OC)cc1. The van der Waals surface area contributed by atoms with Gasteiger partial charge >= 0.3 is 0 Å². The highest BCUT2D eigenvalue weighted by Crippen LogP contribution is 2.28. The number of benzene rings is 1. The Balaban J connectivity index is 3.06. The Bertz CT molecular complexity index is 476. The quantitative estimate of drug-likeness (QED) is 0.815. The highest BCUT2D eigenvalue weighted by Gasteiger charge is 2.31. The van der Waals surface area contributed by atoms with E-state index in [1.54, 1.807) is 7.11 Å². The minimum Gasteiger partial charge on any atom is -0.497 e. The van der Waals surface area contributed by atoms with E-state index in [-0.39, 0.29) is 4.75 Å². The molecule has 1 aromatic rings. The molecule has 0 heterocycles. The molecule has 0 unspecified atom stereocenters. The molecular formula is C16H25NO2S. The Morgan fingerprint density at radius 3 is 2.20 bits per heavy atom. The van der Waals surface area contributed by atoms with Gasteiger partial charge in [0.25, 0.3) is 0 Å². The third-order valence-corrected chi connectivity index (χ3v) is 4.90. The van der Waals surface area contributed by atoms with Crippen molar-refractivity contribution in [1.82, 2.24) is 4.72 Å². The fourth-order valence-electron chi connectivity index (χ4n) is 1.82. The Morgan fingerprint density at radius 1 is 1.25 bits per heavy atom. The number of rotatable bonds is 6. The molecule has 0 bridgehead atoms. The molecule has 0 saturated heterocycles. The van der Waals surface area contributed by atoms with E-state index in [1.165, 1.54) is 0 Å². The van der Waals surface area contributed by atoms with Gasteiger partial charge in [-0.15, -0.1) is 6.58 Å². The normalized spacial score (nSPS) is 16.2. The highest BCUT2D eigenvalue weighted by atomic mass is 32.2. The molecule has 0 amide bonds. The zero-order valence-electron chi connectivity index (χ0n) is 13.0. The summed E-state index contributed by atoms with van der Waals surface area (Å²) in [6.45, 7) is 11.7. The lowest BCUT2D eigenvalue weighted by atomic mass is 9.90. The van der Waals surface area contributed by atoms with Crippen LogP contribution in [0.4, 0.5) is 0 Å². The maximum absolute atomic E-state index is 12.4. The lowest BCUT2D eigenvalue weighted by molar-refractivity contribution is 0.412. The van der Waals surface area contributed by atoms with Gasteiger partial charge in [-0.1, -0.05) is 18.2 Å². The number of methoxy groups -OCH3 is 1. The molecule has 3 nitrogen and oxygen atoms in total. The Kier molecular flexibility index (Phi) is 5.54. The van der Waals surface area contributed by atoms with Gasteiger partial charge in [-0.05, 0) is 51.8 Å². The monoisotopic (exact) mass is 295 g/mol. The van der Waals surface area contributed by atoms with Gasteiger partial charge in [-0.3, -0.25) is 0 Å². The second-order valence-electron chi connectivity index (χ2n) is 6.04. The number of nitrogens with one attached hydrogen (secondary N) is 1. The first-order chi connectivity index (χ1) is 9.23. The Labute approximate surface area is 125 Å². The van der Waals surface area contributed by atoms with Crippen LogP contribution in [0.15, 0.2) is 36.9 Å². The predicted octanol–water partition coefficient (Wildman–Crippen LogP) is 3.54. The van der Waals surface area contributed by atoms with Crippen molar-refractivity contribution < 1.29 is 8.95 Å². The van der Waals surface area contributed by atoms with Crippen molar-refractivity contribution in [3.05, 3.63) is 42.5 Å². The Hall–Kier alpha value is -1.13. The third-order valence-electron chi connectivity index (χ3n) is 3.15. The first-order valence-electron chi connectivity index (χ1n) is 6.68. The predicted molar refractivity (Wildman–Crippen MR) is 86.2 cm³/mol. The summed E-state index contributed by atoms with van der Waals surface area (Å²) in [5.41, 5.74) is 0.655. The van der Waals surface area contributed by atoms with E-state index in [9.17, 15) is 4.21 Å². The average Bonchev–Trinajstić information content (AvgIpc) is 2.38. The van der Waals surface area contributed by atoms with Gasteiger partial charge in [0, 0.05) is 0 Å². The molecule has 0 aliphatic rings. The largest absolute Gasteiger partial charge is 0.497 e. The average molecular weight is 295 g/mol. The number of hydrogen-bond donors (Lipinski definition) is 1. The van der Waals surface area contributed by atoms with Crippen LogP contribution in [0.25, 0.3) is 0 Å². The first kappa shape index (κ1) is 16.9. The second kappa shape index (κ2) is 6.55. The van der Waals surface area contributed by atoms with Crippen LogP contribution in [0, 0.1) is 0 Å². The van der Waals surface area contributed by atoms with Crippen LogP contribution in [0.3, 0.4) is 0 Å². The van der Waals surface area contributed by atoms with Crippen molar-refractivity contribution in [2.24, 2.45) is 0 Å². The molecule has 112 valence electrons. The minimum absolute atomic E-state index is 0.311. The van der Waals surface area contributed by atoms with Crippen molar-refractivity contribution in [2.75, 3.05) is 7.11 Å². The highest BCUT2D eigenvalue weighted by molar-refractivity contribution is 7.84. The molecule has 0 radical (unpaired) electrons. The second-order valence-corrected chi connectivity index (χ2v) is 8.00. The smallest absolute Gasteiger partial charge is 0.118 e. The van der Waals surface area contributed by atoms with E-state index in [4.69, 9.17) is 4.74 Å². The summed E-state index contributed by atoms with van der Waals surface area (Å²) in [5.74, 6) is 0.812. The summed E-state index contributed by atoms with van der Waals surface area (Å²) in [6, 6.07) is 7.82. The molecule has 0 spiro atoms. The molecule has 1 aromatic carbocycles. The molecule has 1 N–H and O–H groups in total. The van der Waals surface area contributed by atoms with Crippen LogP contribution in [0.2, 0.25) is 0 Å². The van der Waals surface area contributed by atoms with Gasteiger partial charge < -0.3 is 4.74 Å². The maximum atomic E-state index is 12.4. The lowest BCUT2D eigenvalue weighted by Gasteiger charge is -2.33. The molecule has 0 aliphatic carbocycles. The van der Waals surface area contributed by atoms with Crippen molar-refractivity contribution >= 4 is 11.0 Å². The molecular weight excluding hydrogens is 270 g/mol. The van der Waals surface area contributed by atoms with Crippen LogP contribution in [0.5, 0.6) is 5.75 Å². The van der Waals surface area contributed by atoms with Crippen molar-refractivity contribution in [3.63, 3.8) is 0 Å². The van der Waals surface area contributed by atoms with E-state index in [2.05, 4.69) is 11.3 Å². The van der Waals surface area contributed by atoms with Gasteiger partial charge in [0.15, 0.2) is 0 Å². The molecule has 1 rings (SSSR count). The lowest BCUT2D eigenvalue weighted by Crippen LogP contribution is -2.45. The van der Waals surface area contributed by atoms with Crippen LogP contribution in [-0.4, -0.2) is 16.1 Å². The fraction of sp³-hybridized carbons (Fsp3) is 0.500. The van der Waals surface area contributed by atoms with Crippen LogP contribution in [-0.2, 0) is 16.5 Å². The van der Waals surface area contributed by atoms with Gasteiger partial charge in [-0.25, -0.2) is 8.93 Å². The fourth-order valence-corrected chi connectivity index (χ4v) is 2.74. The zero-order valence-corrected chi connectivity index (χ0v) is 13.8. The van der Waals surface area contributed by atoms with E-state index in [0.717, 1.165) is 11.3 Å². The molecule has 2 atom stereocenters. The van der Waals surface area contributed by atoms with Gasteiger partial charge in [0.05, 0.1) is 28.4 Å². The molecule has 0 aliphatic heterocycles. The van der Waals surface area contributed by atoms with Gasteiger partial charge in [-0.2, -0.15) is 0 Å². The van der Waals surface area contributed by atoms with E-state index >= 15 is 0 Å². The zero-order chi connectivity index (χ0) is 15.4. The summed E-state index contributed by atoms with van der Waals surface area (Å²) in [6.07, 6.45) is 2.54. The van der Waals surface area contributed by atoms with E-state index in [1.807, 2.05) is 58.0 Å². The van der Waals surface area contributed by atoms with Crippen LogP contribution in [0.1, 0.15) is 39.7 Å². The molecule has 0 fully saturated rings. The van der Waals surface area contributed by atoms with Crippen LogP contribution < -0.4 is 9.46 Å². The molecule has 20 heavy (non-hydrogen) atoms. The summed E-state index contributed by atoms with van der Waals surface area (Å²) in [7, 11) is 0.499. The minimum atomic E-state index is -1.14. The topological polar surface area (TPSA) is 38.3 Å². The van der Waals surface area contributed by atoms with Crippen molar-refractivity contribution in [1.29, 1.82) is 0 Å². The van der Waals surface area contributed by atoms with Crippen molar-refractivity contribution in [3.8, 4) is 5.75 Å². The van der Waals surface area contributed by atoms with E-state index in [0.29, 0.717) is 6.42 Å². The van der Waals surface area contributed by atoms with E-state index < -0.39 is 16.5 Å². The summed E-state index contributed by atoms with van der Waals surface area (Å²) < 4.78 is 20.5.